The second kappa shape index (κ2) is 4.32. The first-order valence-electron chi connectivity index (χ1n) is 6.25. The van der Waals surface area contributed by atoms with E-state index in [0.717, 1.165) is 28.4 Å². The smallest absolute Gasteiger partial charge is 0.174 e. The highest BCUT2D eigenvalue weighted by Crippen LogP contribution is 2.34. The molecule has 1 aliphatic rings. The van der Waals surface area contributed by atoms with E-state index in [9.17, 15) is 4.79 Å². The predicted octanol–water partition coefficient (Wildman–Crippen LogP) is 3.95. The van der Waals surface area contributed by atoms with Gasteiger partial charge in [-0.3, -0.25) is 4.79 Å². The molecule has 0 radical (unpaired) electrons. The van der Waals surface area contributed by atoms with Gasteiger partial charge in [0.25, 0.3) is 0 Å². The topological polar surface area (TPSA) is 30.0 Å². The third-order valence-electron chi connectivity index (χ3n) is 3.39. The van der Waals surface area contributed by atoms with Crippen molar-refractivity contribution in [2.75, 3.05) is 0 Å². The van der Waals surface area contributed by atoms with Crippen molar-refractivity contribution in [1.29, 1.82) is 0 Å². The molecule has 0 saturated heterocycles. The zero-order valence-corrected chi connectivity index (χ0v) is 11.4. The maximum atomic E-state index is 11.9. The maximum absolute atomic E-state index is 11.9. The van der Waals surface area contributed by atoms with Gasteiger partial charge in [0.05, 0.1) is 10.6 Å². The van der Waals surface area contributed by atoms with Crippen LogP contribution in [-0.4, -0.2) is 10.8 Å². The number of aromatic nitrogens is 1. The van der Waals surface area contributed by atoms with Crippen molar-refractivity contribution in [2.24, 2.45) is 0 Å². The lowest BCUT2D eigenvalue weighted by atomic mass is 10.0. The SMILES string of the molecule is Cc1ccc(C)c(-c2nc3c(s2)C(=O)CCC3)c1. The molecule has 3 heteroatoms. The quantitative estimate of drug-likeness (QED) is 0.774. The number of aryl methyl sites for hydroxylation is 3. The lowest BCUT2D eigenvalue weighted by molar-refractivity contribution is 0.0976. The van der Waals surface area contributed by atoms with E-state index in [-0.39, 0.29) is 5.78 Å². The van der Waals surface area contributed by atoms with Gasteiger partial charge >= 0.3 is 0 Å². The molecular formula is C15H15NOS. The minimum Gasteiger partial charge on any atom is -0.293 e. The Morgan fingerprint density at radius 1 is 1.22 bits per heavy atom. The minimum absolute atomic E-state index is 0.269. The summed E-state index contributed by atoms with van der Waals surface area (Å²) < 4.78 is 0. The Labute approximate surface area is 111 Å². The number of rotatable bonds is 1. The molecule has 3 rings (SSSR count). The number of thiazole rings is 1. The molecule has 0 saturated carbocycles. The van der Waals surface area contributed by atoms with Crippen LogP contribution in [0.15, 0.2) is 18.2 Å². The zero-order chi connectivity index (χ0) is 12.7. The molecule has 0 bridgehead atoms. The summed E-state index contributed by atoms with van der Waals surface area (Å²) in [6.45, 7) is 4.18. The first kappa shape index (κ1) is 11.6. The number of carbonyl (C=O) groups is 1. The number of hydrogen-bond acceptors (Lipinski definition) is 3. The molecule has 0 unspecified atom stereocenters. The van der Waals surface area contributed by atoms with Crippen LogP contribution in [-0.2, 0) is 6.42 Å². The largest absolute Gasteiger partial charge is 0.293 e. The van der Waals surface area contributed by atoms with Gasteiger partial charge in [0.15, 0.2) is 5.78 Å². The van der Waals surface area contributed by atoms with E-state index < -0.39 is 0 Å². The summed E-state index contributed by atoms with van der Waals surface area (Å²) in [4.78, 5) is 17.4. The number of Topliss-reactive ketones (excluding diaryl/α,β-unsaturated/α-hetero) is 1. The molecule has 0 spiro atoms. The van der Waals surface area contributed by atoms with Gasteiger partial charge in [0, 0.05) is 12.0 Å². The Hall–Kier alpha value is -1.48. The van der Waals surface area contributed by atoms with Gasteiger partial charge in [-0.1, -0.05) is 17.7 Å². The molecule has 1 aromatic carbocycles. The van der Waals surface area contributed by atoms with Crippen LogP contribution in [0, 0.1) is 13.8 Å². The summed E-state index contributed by atoms with van der Waals surface area (Å²) in [6.07, 6.45) is 2.58. The van der Waals surface area contributed by atoms with Crippen molar-refractivity contribution < 1.29 is 4.79 Å². The Kier molecular flexibility index (Phi) is 2.78. The van der Waals surface area contributed by atoms with Gasteiger partial charge < -0.3 is 0 Å². The van der Waals surface area contributed by atoms with Gasteiger partial charge in [-0.15, -0.1) is 11.3 Å². The molecule has 92 valence electrons. The van der Waals surface area contributed by atoms with E-state index in [2.05, 4.69) is 37.0 Å². The van der Waals surface area contributed by atoms with Crippen molar-refractivity contribution in [1.82, 2.24) is 4.98 Å². The fourth-order valence-electron chi connectivity index (χ4n) is 2.35. The fourth-order valence-corrected chi connectivity index (χ4v) is 3.51. The number of hydrogen-bond donors (Lipinski definition) is 0. The number of ketones is 1. The fraction of sp³-hybridized carbons (Fsp3) is 0.333. The van der Waals surface area contributed by atoms with Crippen LogP contribution in [0.1, 0.15) is 39.3 Å². The first-order chi connectivity index (χ1) is 8.65. The van der Waals surface area contributed by atoms with Crippen LogP contribution in [0.2, 0.25) is 0 Å². The summed E-state index contributed by atoms with van der Waals surface area (Å²) in [5, 5.41) is 0.997. The summed E-state index contributed by atoms with van der Waals surface area (Å²) in [5.41, 5.74) is 4.63. The summed E-state index contributed by atoms with van der Waals surface area (Å²) in [5.74, 6) is 0.269. The molecule has 0 atom stereocenters. The molecule has 1 aliphatic carbocycles. The number of nitrogens with zero attached hydrogens (tertiary/aromatic N) is 1. The molecule has 0 amide bonds. The monoisotopic (exact) mass is 257 g/mol. The Bertz CT molecular complexity index is 627. The highest BCUT2D eigenvalue weighted by molar-refractivity contribution is 7.17. The van der Waals surface area contributed by atoms with Crippen LogP contribution < -0.4 is 0 Å². The van der Waals surface area contributed by atoms with E-state index in [1.807, 2.05) is 0 Å². The molecule has 1 heterocycles. The Morgan fingerprint density at radius 3 is 2.83 bits per heavy atom. The van der Waals surface area contributed by atoms with Crippen LogP contribution in [0.5, 0.6) is 0 Å². The van der Waals surface area contributed by atoms with Gasteiger partial charge in [-0.05, 0) is 38.3 Å². The number of carbonyl (C=O) groups excluding carboxylic acids is 1. The van der Waals surface area contributed by atoms with Gasteiger partial charge in [0.1, 0.15) is 5.01 Å². The normalized spacial score (nSPS) is 14.7. The lowest BCUT2D eigenvalue weighted by Gasteiger charge is -2.06. The van der Waals surface area contributed by atoms with Crippen molar-refractivity contribution in [2.45, 2.75) is 33.1 Å². The molecule has 0 fully saturated rings. The maximum Gasteiger partial charge on any atom is 0.174 e. The predicted molar refractivity (Wildman–Crippen MR) is 74.3 cm³/mol. The minimum atomic E-state index is 0.269. The standard InChI is InChI=1S/C15H15NOS/c1-9-6-7-10(2)11(8-9)15-16-12-4-3-5-13(17)14(12)18-15/h6-8H,3-5H2,1-2H3. The van der Waals surface area contributed by atoms with Crippen molar-refractivity contribution in [3.8, 4) is 10.6 Å². The zero-order valence-electron chi connectivity index (χ0n) is 10.6. The van der Waals surface area contributed by atoms with E-state index in [4.69, 9.17) is 0 Å². The lowest BCUT2D eigenvalue weighted by Crippen LogP contribution is -2.07. The molecule has 2 nitrogen and oxygen atoms in total. The van der Waals surface area contributed by atoms with Crippen LogP contribution >= 0.6 is 11.3 Å². The van der Waals surface area contributed by atoms with E-state index in [1.165, 1.54) is 16.7 Å². The second-order valence-electron chi connectivity index (χ2n) is 4.89. The van der Waals surface area contributed by atoms with Gasteiger partial charge in [-0.2, -0.15) is 0 Å². The average Bonchev–Trinajstić information content (AvgIpc) is 2.77. The molecule has 18 heavy (non-hydrogen) atoms. The number of benzene rings is 1. The van der Waals surface area contributed by atoms with Gasteiger partial charge in [0.2, 0.25) is 0 Å². The average molecular weight is 257 g/mol. The third kappa shape index (κ3) is 1.89. The highest BCUT2D eigenvalue weighted by Gasteiger charge is 2.22. The highest BCUT2D eigenvalue weighted by atomic mass is 32.1. The molecule has 2 aromatic rings. The van der Waals surface area contributed by atoms with Crippen LogP contribution in [0.25, 0.3) is 10.6 Å². The van der Waals surface area contributed by atoms with Gasteiger partial charge in [-0.25, -0.2) is 4.98 Å². The third-order valence-corrected chi connectivity index (χ3v) is 4.56. The summed E-state index contributed by atoms with van der Waals surface area (Å²) in [7, 11) is 0. The van der Waals surface area contributed by atoms with Crippen molar-refractivity contribution >= 4 is 17.1 Å². The van der Waals surface area contributed by atoms with Crippen LogP contribution in [0.3, 0.4) is 0 Å². The summed E-state index contributed by atoms with van der Waals surface area (Å²) in [6, 6.07) is 6.38. The first-order valence-corrected chi connectivity index (χ1v) is 7.07. The number of fused-ring (bicyclic) bond motifs is 1. The molecule has 0 N–H and O–H groups in total. The Balaban J connectivity index is 2.13. The van der Waals surface area contributed by atoms with E-state index in [1.54, 1.807) is 11.3 Å². The second-order valence-corrected chi connectivity index (χ2v) is 5.89. The molecule has 1 aromatic heterocycles. The van der Waals surface area contributed by atoms with Crippen molar-refractivity contribution in [3.63, 3.8) is 0 Å². The molecular weight excluding hydrogens is 242 g/mol. The Morgan fingerprint density at radius 2 is 2.06 bits per heavy atom. The van der Waals surface area contributed by atoms with Crippen LogP contribution in [0.4, 0.5) is 0 Å². The van der Waals surface area contributed by atoms with E-state index >= 15 is 0 Å². The van der Waals surface area contributed by atoms with E-state index in [0.29, 0.717) is 6.42 Å². The molecule has 0 aliphatic heterocycles. The van der Waals surface area contributed by atoms with Crippen molar-refractivity contribution in [3.05, 3.63) is 39.9 Å². The summed E-state index contributed by atoms with van der Waals surface area (Å²) >= 11 is 1.56.